The van der Waals surface area contributed by atoms with E-state index in [-0.39, 0.29) is 12.2 Å². The number of aliphatic hydroxyl groups excluding tert-OH is 1. The third kappa shape index (κ3) is 4.60. The van der Waals surface area contributed by atoms with Gasteiger partial charge >= 0.3 is 0 Å². The average Bonchev–Trinajstić information content (AvgIpc) is 2.16. The molecule has 0 aliphatic rings. The van der Waals surface area contributed by atoms with Gasteiger partial charge < -0.3 is 15.4 Å². The van der Waals surface area contributed by atoms with Gasteiger partial charge in [0.25, 0.3) is 5.56 Å². The Kier molecular flexibility index (Phi) is 4.83. The molecule has 0 amide bonds. The maximum absolute atomic E-state index is 11.1. The lowest BCUT2D eigenvalue weighted by atomic mass is 10.2. The normalized spacial score (nSPS) is 10.3. The summed E-state index contributed by atoms with van der Waals surface area (Å²) >= 11 is 0. The number of nitrogens with zero attached hydrogens (tertiary/aromatic N) is 1. The van der Waals surface area contributed by atoms with Crippen LogP contribution in [0, 0.1) is 6.92 Å². The van der Waals surface area contributed by atoms with Crippen LogP contribution in [0.5, 0.6) is 0 Å². The summed E-state index contributed by atoms with van der Waals surface area (Å²) in [6, 6.07) is 1.44. The number of unbranched alkanes of at least 4 members (excludes halogenated alkanes) is 2. The predicted octanol–water partition coefficient (Wildman–Crippen LogP) is 0.653. The van der Waals surface area contributed by atoms with Crippen molar-refractivity contribution in [2.45, 2.75) is 26.2 Å². The third-order valence-electron chi connectivity index (χ3n) is 2.00. The quantitative estimate of drug-likeness (QED) is 0.604. The first kappa shape index (κ1) is 11.7. The van der Waals surface area contributed by atoms with Gasteiger partial charge in [0.1, 0.15) is 11.6 Å². The smallest absolute Gasteiger partial charge is 0.252 e. The lowest BCUT2D eigenvalue weighted by Crippen LogP contribution is -2.12. The number of nitrogens with one attached hydrogen (secondary N) is 2. The van der Waals surface area contributed by atoms with Gasteiger partial charge in [-0.2, -0.15) is 0 Å². The fourth-order valence-corrected chi connectivity index (χ4v) is 1.30. The molecule has 0 atom stereocenters. The van der Waals surface area contributed by atoms with Crippen LogP contribution in [0.2, 0.25) is 0 Å². The van der Waals surface area contributed by atoms with Crippen molar-refractivity contribution in [1.29, 1.82) is 0 Å². The minimum atomic E-state index is -0.139. The zero-order valence-corrected chi connectivity index (χ0v) is 8.92. The summed E-state index contributed by atoms with van der Waals surface area (Å²) in [6.07, 6.45) is 2.77. The van der Waals surface area contributed by atoms with Gasteiger partial charge in [0, 0.05) is 19.2 Å². The highest BCUT2D eigenvalue weighted by atomic mass is 16.2. The molecule has 0 bridgehead atoms. The predicted molar refractivity (Wildman–Crippen MR) is 59.0 cm³/mol. The van der Waals surface area contributed by atoms with E-state index in [9.17, 15) is 4.79 Å². The minimum Gasteiger partial charge on any atom is -0.396 e. The molecule has 3 N–H and O–H groups in total. The standard InChI is InChI=1S/C10H17N3O2/c1-8-12-9(7-10(15)13-8)11-5-3-2-4-6-14/h7,14H,2-6H2,1H3,(H2,11,12,13,15). The van der Waals surface area contributed by atoms with Crippen LogP contribution in [-0.4, -0.2) is 28.2 Å². The maximum Gasteiger partial charge on any atom is 0.252 e. The van der Waals surface area contributed by atoms with Crippen LogP contribution in [0.15, 0.2) is 10.9 Å². The molecular formula is C10H17N3O2. The molecule has 5 nitrogen and oxygen atoms in total. The van der Waals surface area contributed by atoms with Gasteiger partial charge in [-0.25, -0.2) is 4.98 Å². The fourth-order valence-electron chi connectivity index (χ4n) is 1.30. The number of aliphatic hydroxyl groups is 1. The molecular weight excluding hydrogens is 194 g/mol. The summed E-state index contributed by atoms with van der Waals surface area (Å²) in [7, 11) is 0. The molecule has 0 saturated heterocycles. The van der Waals surface area contributed by atoms with Crippen LogP contribution < -0.4 is 10.9 Å². The van der Waals surface area contributed by atoms with Crippen molar-refractivity contribution in [3.63, 3.8) is 0 Å². The van der Waals surface area contributed by atoms with Gasteiger partial charge in [-0.15, -0.1) is 0 Å². The van der Waals surface area contributed by atoms with Crippen LogP contribution in [0.1, 0.15) is 25.1 Å². The maximum atomic E-state index is 11.1. The number of aromatic nitrogens is 2. The van der Waals surface area contributed by atoms with Gasteiger partial charge in [-0.3, -0.25) is 4.79 Å². The van der Waals surface area contributed by atoms with Gasteiger partial charge in [-0.1, -0.05) is 0 Å². The Morgan fingerprint density at radius 3 is 2.93 bits per heavy atom. The Morgan fingerprint density at radius 2 is 2.27 bits per heavy atom. The number of aryl methyl sites for hydroxylation is 1. The zero-order valence-electron chi connectivity index (χ0n) is 8.92. The molecule has 1 aromatic rings. The Morgan fingerprint density at radius 1 is 1.47 bits per heavy atom. The molecule has 0 fully saturated rings. The van der Waals surface area contributed by atoms with Crippen LogP contribution in [0.25, 0.3) is 0 Å². The van der Waals surface area contributed by atoms with Crippen molar-refractivity contribution in [2.75, 3.05) is 18.5 Å². The van der Waals surface area contributed by atoms with E-state index in [0.29, 0.717) is 11.6 Å². The monoisotopic (exact) mass is 211 g/mol. The summed E-state index contributed by atoms with van der Waals surface area (Å²) in [4.78, 5) is 17.8. The molecule has 1 rings (SSSR count). The second-order valence-electron chi connectivity index (χ2n) is 3.43. The summed E-state index contributed by atoms with van der Waals surface area (Å²) in [5, 5.41) is 11.6. The Bertz CT molecular complexity index is 349. The lowest BCUT2D eigenvalue weighted by Gasteiger charge is -2.04. The molecule has 15 heavy (non-hydrogen) atoms. The van der Waals surface area contributed by atoms with Crippen molar-refractivity contribution in [3.8, 4) is 0 Å². The first-order valence-electron chi connectivity index (χ1n) is 5.15. The van der Waals surface area contributed by atoms with E-state index in [2.05, 4.69) is 15.3 Å². The van der Waals surface area contributed by atoms with E-state index in [1.54, 1.807) is 6.92 Å². The molecule has 0 aromatic carbocycles. The zero-order chi connectivity index (χ0) is 11.1. The van der Waals surface area contributed by atoms with E-state index < -0.39 is 0 Å². The fraction of sp³-hybridized carbons (Fsp3) is 0.600. The van der Waals surface area contributed by atoms with Gasteiger partial charge in [0.2, 0.25) is 0 Å². The highest BCUT2D eigenvalue weighted by Crippen LogP contribution is 2.00. The SMILES string of the molecule is Cc1nc(NCCCCCO)cc(=O)[nH]1. The summed E-state index contributed by atoms with van der Waals surface area (Å²) in [5.41, 5.74) is -0.139. The number of rotatable bonds is 6. The molecule has 0 aliphatic heterocycles. The van der Waals surface area contributed by atoms with Crippen molar-refractivity contribution < 1.29 is 5.11 Å². The molecule has 1 heterocycles. The van der Waals surface area contributed by atoms with Crippen molar-refractivity contribution in [2.24, 2.45) is 0 Å². The lowest BCUT2D eigenvalue weighted by molar-refractivity contribution is 0.283. The Labute approximate surface area is 88.6 Å². The Hall–Kier alpha value is -1.36. The van der Waals surface area contributed by atoms with Crippen LogP contribution in [0.3, 0.4) is 0 Å². The number of H-pyrrole nitrogens is 1. The van der Waals surface area contributed by atoms with Crippen molar-refractivity contribution >= 4 is 5.82 Å². The van der Waals surface area contributed by atoms with Crippen molar-refractivity contribution in [3.05, 3.63) is 22.2 Å². The molecule has 0 spiro atoms. The summed E-state index contributed by atoms with van der Waals surface area (Å²) in [5.74, 6) is 1.22. The van der Waals surface area contributed by atoms with Crippen LogP contribution in [0.4, 0.5) is 5.82 Å². The van der Waals surface area contributed by atoms with E-state index in [4.69, 9.17) is 5.11 Å². The number of hydrogen-bond donors (Lipinski definition) is 3. The largest absolute Gasteiger partial charge is 0.396 e. The molecule has 0 unspecified atom stereocenters. The van der Waals surface area contributed by atoms with Crippen LogP contribution >= 0.6 is 0 Å². The molecule has 5 heteroatoms. The molecule has 1 aromatic heterocycles. The van der Waals surface area contributed by atoms with E-state index in [1.165, 1.54) is 6.07 Å². The topological polar surface area (TPSA) is 78.0 Å². The average molecular weight is 211 g/mol. The highest BCUT2D eigenvalue weighted by Gasteiger charge is 1.96. The molecule has 0 aliphatic carbocycles. The first-order valence-corrected chi connectivity index (χ1v) is 5.15. The third-order valence-corrected chi connectivity index (χ3v) is 2.00. The number of aromatic amines is 1. The summed E-state index contributed by atoms with van der Waals surface area (Å²) in [6.45, 7) is 2.76. The second-order valence-corrected chi connectivity index (χ2v) is 3.43. The second kappa shape index (κ2) is 6.19. The van der Waals surface area contributed by atoms with E-state index in [1.807, 2.05) is 0 Å². The molecule has 0 radical (unpaired) electrons. The van der Waals surface area contributed by atoms with E-state index >= 15 is 0 Å². The van der Waals surface area contributed by atoms with Gasteiger partial charge in [0.15, 0.2) is 0 Å². The number of anilines is 1. The van der Waals surface area contributed by atoms with Gasteiger partial charge in [0.05, 0.1) is 0 Å². The summed E-state index contributed by atoms with van der Waals surface area (Å²) < 4.78 is 0. The van der Waals surface area contributed by atoms with E-state index in [0.717, 1.165) is 25.8 Å². The first-order chi connectivity index (χ1) is 7.22. The number of hydrogen-bond acceptors (Lipinski definition) is 4. The molecule has 0 saturated carbocycles. The Balaban J connectivity index is 2.34. The van der Waals surface area contributed by atoms with Gasteiger partial charge in [-0.05, 0) is 26.2 Å². The minimum absolute atomic E-state index is 0.139. The highest BCUT2D eigenvalue weighted by molar-refractivity contribution is 5.32. The van der Waals surface area contributed by atoms with Crippen LogP contribution in [-0.2, 0) is 0 Å². The molecule has 84 valence electrons. The van der Waals surface area contributed by atoms with Crippen molar-refractivity contribution in [1.82, 2.24) is 9.97 Å².